The van der Waals surface area contributed by atoms with Crippen LogP contribution < -0.4 is 0 Å². The number of fused-ring (bicyclic) bond motifs is 1. The van der Waals surface area contributed by atoms with Gasteiger partial charge in [-0.15, -0.1) is 0 Å². The van der Waals surface area contributed by atoms with E-state index in [0.717, 1.165) is 31.6 Å². The van der Waals surface area contributed by atoms with Gasteiger partial charge in [-0.05, 0) is 23.8 Å². The first-order chi connectivity index (χ1) is 10.6. The molecular formula is C17H22N2O3. The maximum atomic E-state index is 12.2. The second-order valence-corrected chi connectivity index (χ2v) is 6.22. The average molecular weight is 302 g/mol. The van der Waals surface area contributed by atoms with E-state index in [9.17, 15) is 9.59 Å². The molecule has 0 bridgehead atoms. The minimum atomic E-state index is -0.247. The van der Waals surface area contributed by atoms with Crippen LogP contribution >= 0.6 is 0 Å². The monoisotopic (exact) mass is 302 g/mol. The molecule has 118 valence electrons. The van der Waals surface area contributed by atoms with Crippen molar-refractivity contribution in [2.45, 2.75) is 20.0 Å². The number of rotatable bonds is 2. The third-order valence-electron chi connectivity index (χ3n) is 4.71. The van der Waals surface area contributed by atoms with Gasteiger partial charge in [0.1, 0.15) is 6.61 Å². The molecule has 0 N–H and O–H groups in total. The Hall–Kier alpha value is -2.04. The van der Waals surface area contributed by atoms with E-state index in [1.165, 1.54) is 0 Å². The highest BCUT2D eigenvalue weighted by Gasteiger charge is 2.39. The quantitative estimate of drug-likeness (QED) is 0.841. The molecule has 5 nitrogen and oxygen atoms in total. The predicted molar refractivity (Wildman–Crippen MR) is 82.1 cm³/mol. The van der Waals surface area contributed by atoms with Gasteiger partial charge >= 0.3 is 6.09 Å². The van der Waals surface area contributed by atoms with Gasteiger partial charge in [0.25, 0.3) is 0 Å². The number of nitrogens with zero attached hydrogens (tertiary/aromatic N) is 2. The summed E-state index contributed by atoms with van der Waals surface area (Å²) in [6.07, 6.45) is 0.707. The molecule has 2 saturated heterocycles. The van der Waals surface area contributed by atoms with Crippen molar-refractivity contribution in [3.05, 3.63) is 35.9 Å². The highest BCUT2D eigenvalue weighted by atomic mass is 16.6. The van der Waals surface area contributed by atoms with Gasteiger partial charge in [-0.25, -0.2) is 4.79 Å². The Morgan fingerprint density at radius 2 is 1.77 bits per heavy atom. The number of ether oxygens (including phenoxy) is 1. The Bertz CT molecular complexity index is 546. The van der Waals surface area contributed by atoms with Crippen molar-refractivity contribution in [3.8, 4) is 0 Å². The van der Waals surface area contributed by atoms with E-state index in [1.54, 1.807) is 11.8 Å². The molecule has 2 aliphatic rings. The molecular weight excluding hydrogens is 280 g/mol. The third kappa shape index (κ3) is 3.24. The molecule has 0 saturated carbocycles. The molecule has 1 aromatic carbocycles. The van der Waals surface area contributed by atoms with Crippen LogP contribution in [0.1, 0.15) is 18.9 Å². The molecule has 5 heteroatoms. The lowest BCUT2D eigenvalue weighted by atomic mass is 9.89. The van der Waals surface area contributed by atoms with E-state index in [4.69, 9.17) is 4.74 Å². The Labute approximate surface area is 130 Å². The van der Waals surface area contributed by atoms with Gasteiger partial charge in [0.2, 0.25) is 5.91 Å². The fraction of sp³-hybridized carbons (Fsp3) is 0.529. The second-order valence-electron chi connectivity index (χ2n) is 6.22. The van der Waals surface area contributed by atoms with Gasteiger partial charge in [-0.1, -0.05) is 30.3 Å². The number of carbonyl (C=O) groups excluding carboxylic acids is 2. The summed E-state index contributed by atoms with van der Waals surface area (Å²) in [6.45, 7) is 4.95. The Morgan fingerprint density at radius 3 is 2.50 bits per heavy atom. The summed E-state index contributed by atoms with van der Waals surface area (Å²) in [5.41, 5.74) is 0.995. The zero-order valence-corrected chi connectivity index (χ0v) is 12.9. The van der Waals surface area contributed by atoms with Gasteiger partial charge < -0.3 is 14.5 Å². The number of carbonyl (C=O) groups is 2. The van der Waals surface area contributed by atoms with E-state index < -0.39 is 0 Å². The van der Waals surface area contributed by atoms with Crippen LogP contribution in [0.3, 0.4) is 0 Å². The van der Waals surface area contributed by atoms with E-state index in [1.807, 2.05) is 35.2 Å². The first-order valence-corrected chi connectivity index (χ1v) is 7.84. The maximum absolute atomic E-state index is 12.2. The average Bonchev–Trinajstić information content (AvgIpc) is 2.97. The topological polar surface area (TPSA) is 49.9 Å². The number of benzene rings is 1. The fourth-order valence-electron chi connectivity index (χ4n) is 3.40. The molecule has 2 aliphatic heterocycles. The van der Waals surface area contributed by atoms with Gasteiger partial charge in [0.15, 0.2) is 0 Å². The van der Waals surface area contributed by atoms with Crippen LogP contribution in [0.4, 0.5) is 4.79 Å². The number of amides is 2. The molecule has 0 aliphatic carbocycles. The van der Waals surface area contributed by atoms with Crippen LogP contribution in [0.2, 0.25) is 0 Å². The van der Waals surface area contributed by atoms with Crippen molar-refractivity contribution < 1.29 is 14.3 Å². The second kappa shape index (κ2) is 6.38. The van der Waals surface area contributed by atoms with Crippen molar-refractivity contribution in [1.29, 1.82) is 0 Å². The highest BCUT2D eigenvalue weighted by Crippen LogP contribution is 2.31. The standard InChI is InChI=1S/C17H22N2O3/c1-13(20)19-9-15-7-8-18(10-16(15)11-19)17(21)22-12-14-5-3-2-4-6-14/h2-6,15-16H,7-12H2,1H3. The maximum Gasteiger partial charge on any atom is 0.410 e. The van der Waals surface area contributed by atoms with Crippen LogP contribution in [0.5, 0.6) is 0 Å². The molecule has 0 spiro atoms. The lowest BCUT2D eigenvalue weighted by Crippen LogP contribution is -2.43. The molecule has 2 fully saturated rings. The number of piperidine rings is 1. The molecule has 3 rings (SSSR count). The lowest BCUT2D eigenvalue weighted by Gasteiger charge is -2.33. The van der Waals surface area contributed by atoms with Crippen LogP contribution in [-0.2, 0) is 16.1 Å². The van der Waals surface area contributed by atoms with E-state index in [-0.39, 0.29) is 12.0 Å². The summed E-state index contributed by atoms with van der Waals surface area (Å²) in [5.74, 6) is 1.05. The van der Waals surface area contributed by atoms with Crippen LogP contribution in [0.25, 0.3) is 0 Å². The summed E-state index contributed by atoms with van der Waals surface area (Å²) in [4.78, 5) is 27.4. The van der Waals surface area contributed by atoms with E-state index in [0.29, 0.717) is 25.0 Å². The molecule has 1 aromatic rings. The Morgan fingerprint density at radius 1 is 1.09 bits per heavy atom. The van der Waals surface area contributed by atoms with Crippen LogP contribution in [0.15, 0.2) is 30.3 Å². The van der Waals surface area contributed by atoms with Gasteiger partial charge in [0.05, 0.1) is 0 Å². The van der Waals surface area contributed by atoms with E-state index in [2.05, 4.69) is 0 Å². The molecule has 0 aromatic heterocycles. The zero-order chi connectivity index (χ0) is 15.5. The predicted octanol–water partition coefficient (Wildman–Crippen LogP) is 2.12. The summed E-state index contributed by atoms with van der Waals surface area (Å²) in [7, 11) is 0. The smallest absolute Gasteiger partial charge is 0.410 e. The van der Waals surface area contributed by atoms with Gasteiger partial charge in [-0.3, -0.25) is 4.79 Å². The number of hydrogen-bond acceptors (Lipinski definition) is 3. The van der Waals surface area contributed by atoms with E-state index >= 15 is 0 Å². The van der Waals surface area contributed by atoms with Crippen LogP contribution in [-0.4, -0.2) is 48.0 Å². The van der Waals surface area contributed by atoms with Crippen LogP contribution in [0, 0.1) is 11.8 Å². The van der Waals surface area contributed by atoms with Crippen molar-refractivity contribution in [3.63, 3.8) is 0 Å². The van der Waals surface area contributed by atoms with Gasteiger partial charge in [-0.2, -0.15) is 0 Å². The molecule has 22 heavy (non-hydrogen) atoms. The minimum absolute atomic E-state index is 0.132. The Kier molecular flexibility index (Phi) is 4.32. The first kappa shape index (κ1) is 14.9. The summed E-state index contributed by atoms with van der Waals surface area (Å²) in [6, 6.07) is 9.70. The highest BCUT2D eigenvalue weighted by molar-refractivity contribution is 5.73. The number of hydrogen-bond donors (Lipinski definition) is 0. The zero-order valence-electron chi connectivity index (χ0n) is 12.9. The van der Waals surface area contributed by atoms with Gasteiger partial charge in [0, 0.05) is 33.1 Å². The first-order valence-electron chi connectivity index (χ1n) is 7.84. The molecule has 0 radical (unpaired) electrons. The van der Waals surface area contributed by atoms with Crippen molar-refractivity contribution in [2.24, 2.45) is 11.8 Å². The summed E-state index contributed by atoms with van der Waals surface area (Å²) in [5, 5.41) is 0. The SMILES string of the molecule is CC(=O)N1CC2CCN(C(=O)OCc3ccccc3)CC2C1. The van der Waals surface area contributed by atoms with Crippen molar-refractivity contribution in [2.75, 3.05) is 26.2 Å². The minimum Gasteiger partial charge on any atom is -0.445 e. The number of likely N-dealkylation sites (tertiary alicyclic amines) is 2. The normalized spacial score (nSPS) is 24.0. The summed E-state index contributed by atoms with van der Waals surface area (Å²) >= 11 is 0. The van der Waals surface area contributed by atoms with Crippen molar-refractivity contribution >= 4 is 12.0 Å². The lowest BCUT2D eigenvalue weighted by molar-refractivity contribution is -0.128. The summed E-state index contributed by atoms with van der Waals surface area (Å²) < 4.78 is 5.40. The fourth-order valence-corrected chi connectivity index (χ4v) is 3.40. The molecule has 2 amide bonds. The molecule has 2 heterocycles. The molecule has 2 atom stereocenters. The third-order valence-corrected chi connectivity index (χ3v) is 4.71. The largest absolute Gasteiger partial charge is 0.445 e. The molecule has 2 unspecified atom stereocenters. The Balaban J connectivity index is 1.51. The van der Waals surface area contributed by atoms with Crippen molar-refractivity contribution in [1.82, 2.24) is 9.80 Å².